The Hall–Kier alpha value is -3.89. The third-order valence-corrected chi connectivity index (χ3v) is 4.84. The molecule has 0 bridgehead atoms. The minimum absolute atomic E-state index is 0.0211. The molecule has 2 aromatic carbocycles. The van der Waals surface area contributed by atoms with E-state index in [-0.39, 0.29) is 23.5 Å². The Morgan fingerprint density at radius 3 is 2.56 bits per heavy atom. The Balaban J connectivity index is 1.85. The Morgan fingerprint density at radius 2 is 1.94 bits per heavy atom. The highest BCUT2D eigenvalue weighted by atomic mass is 19.4. The number of amides is 1. The highest BCUT2D eigenvalue weighted by Gasteiger charge is 2.30. The van der Waals surface area contributed by atoms with Crippen molar-refractivity contribution in [2.24, 2.45) is 0 Å². The molecule has 0 aliphatic rings. The summed E-state index contributed by atoms with van der Waals surface area (Å²) in [4.78, 5) is 23.2. The number of nitrogens with zero attached hydrogens (tertiary/aromatic N) is 3. The molecule has 0 aliphatic heterocycles. The Kier molecular flexibility index (Phi) is 6.19. The fourth-order valence-corrected chi connectivity index (χ4v) is 3.21. The first-order valence-corrected chi connectivity index (χ1v) is 9.35. The van der Waals surface area contributed by atoms with E-state index in [2.05, 4.69) is 10.4 Å². The van der Waals surface area contributed by atoms with Crippen LogP contribution in [0.5, 0.6) is 5.75 Å². The number of hydrogen-bond acceptors (Lipinski definition) is 5. The molecule has 1 amide bonds. The molecule has 0 saturated heterocycles. The molecule has 1 aromatic heterocycles. The van der Waals surface area contributed by atoms with Gasteiger partial charge < -0.3 is 10.1 Å². The van der Waals surface area contributed by atoms with Crippen molar-refractivity contribution < 1.29 is 27.6 Å². The van der Waals surface area contributed by atoms with Crippen molar-refractivity contribution in [3.05, 3.63) is 80.7 Å². The summed E-state index contributed by atoms with van der Waals surface area (Å²) in [6.45, 7) is 3.38. The van der Waals surface area contributed by atoms with E-state index in [0.29, 0.717) is 22.6 Å². The van der Waals surface area contributed by atoms with Crippen molar-refractivity contribution in [1.29, 1.82) is 0 Å². The predicted molar refractivity (Wildman–Crippen MR) is 110 cm³/mol. The number of ether oxygens (including phenoxy) is 1. The lowest BCUT2D eigenvalue weighted by molar-refractivity contribution is -0.385. The van der Waals surface area contributed by atoms with Crippen LogP contribution < -0.4 is 10.1 Å². The normalized spacial score (nSPS) is 11.3. The largest absolute Gasteiger partial charge is 0.490 e. The van der Waals surface area contributed by atoms with Gasteiger partial charge in [-0.25, -0.2) is 0 Å². The van der Waals surface area contributed by atoms with E-state index >= 15 is 0 Å². The zero-order valence-electron chi connectivity index (χ0n) is 17.4. The molecule has 0 radical (unpaired) electrons. The summed E-state index contributed by atoms with van der Waals surface area (Å²) < 4.78 is 45.3. The second kappa shape index (κ2) is 8.69. The number of rotatable bonds is 6. The summed E-state index contributed by atoms with van der Waals surface area (Å²) in [5, 5.41) is 18.2. The summed E-state index contributed by atoms with van der Waals surface area (Å²) >= 11 is 0. The molecular formula is C21H19F3N4O4. The van der Waals surface area contributed by atoms with Gasteiger partial charge in [-0.1, -0.05) is 12.1 Å². The molecule has 0 saturated carbocycles. The van der Waals surface area contributed by atoms with E-state index in [1.54, 1.807) is 19.9 Å². The van der Waals surface area contributed by atoms with Gasteiger partial charge in [0.05, 0.1) is 41.2 Å². The third-order valence-electron chi connectivity index (χ3n) is 4.84. The first kappa shape index (κ1) is 22.8. The number of aromatic nitrogens is 2. The molecule has 8 nitrogen and oxygen atoms in total. The highest BCUT2D eigenvalue weighted by Crippen LogP contribution is 2.31. The van der Waals surface area contributed by atoms with Crippen LogP contribution in [0.15, 0.2) is 42.5 Å². The number of carbonyl (C=O) groups is 1. The Morgan fingerprint density at radius 1 is 1.22 bits per heavy atom. The number of alkyl halides is 3. The SMILES string of the molecule is COc1ccc(C(=O)Nc2c(C)nn(Cc3cccc(C(F)(F)F)c3)c2C)cc1[N+](=O)[O-]. The summed E-state index contributed by atoms with van der Waals surface area (Å²) in [6.07, 6.45) is -4.45. The zero-order valence-corrected chi connectivity index (χ0v) is 17.4. The second-order valence-corrected chi connectivity index (χ2v) is 7.00. The highest BCUT2D eigenvalue weighted by molar-refractivity contribution is 6.05. The number of anilines is 1. The van der Waals surface area contributed by atoms with E-state index in [4.69, 9.17) is 4.74 Å². The first-order valence-electron chi connectivity index (χ1n) is 9.35. The molecule has 3 aromatic rings. The molecule has 168 valence electrons. The molecule has 11 heteroatoms. The number of halogens is 3. The number of methoxy groups -OCH3 is 1. The number of nitro benzene ring substituents is 1. The van der Waals surface area contributed by atoms with Gasteiger partial charge >= 0.3 is 11.9 Å². The average molecular weight is 448 g/mol. The van der Waals surface area contributed by atoms with Gasteiger partial charge in [0.15, 0.2) is 5.75 Å². The standard InChI is InChI=1S/C21H19F3N4O4/c1-12-19(25-20(29)15-7-8-18(32-3)17(10-15)28(30)31)13(2)27(26-12)11-14-5-4-6-16(9-14)21(22,23)24/h4-10H,11H2,1-3H3,(H,25,29). The molecular weight excluding hydrogens is 429 g/mol. The van der Waals surface area contributed by atoms with Gasteiger partial charge in [-0.05, 0) is 43.7 Å². The van der Waals surface area contributed by atoms with Gasteiger partial charge in [-0.15, -0.1) is 0 Å². The van der Waals surface area contributed by atoms with E-state index < -0.39 is 22.6 Å². The minimum Gasteiger partial charge on any atom is -0.490 e. The van der Waals surface area contributed by atoms with Gasteiger partial charge in [0.2, 0.25) is 0 Å². The molecule has 1 N–H and O–H groups in total. The number of hydrogen-bond donors (Lipinski definition) is 1. The van der Waals surface area contributed by atoms with E-state index in [1.165, 1.54) is 30.0 Å². The molecule has 32 heavy (non-hydrogen) atoms. The van der Waals surface area contributed by atoms with Gasteiger partial charge in [-0.2, -0.15) is 18.3 Å². The van der Waals surface area contributed by atoms with E-state index in [0.717, 1.165) is 18.2 Å². The third kappa shape index (κ3) is 4.71. The fraction of sp³-hybridized carbons (Fsp3) is 0.238. The van der Waals surface area contributed by atoms with Gasteiger partial charge in [0.1, 0.15) is 0 Å². The molecule has 0 atom stereocenters. The number of nitro groups is 1. The number of carbonyl (C=O) groups excluding carboxylic acids is 1. The van der Waals surface area contributed by atoms with Crippen LogP contribution in [0.2, 0.25) is 0 Å². The maximum Gasteiger partial charge on any atom is 0.416 e. The minimum atomic E-state index is -4.45. The first-order chi connectivity index (χ1) is 15.0. The predicted octanol–water partition coefficient (Wildman–Crippen LogP) is 4.74. The fourth-order valence-electron chi connectivity index (χ4n) is 3.21. The summed E-state index contributed by atoms with van der Waals surface area (Å²) in [6, 6.07) is 8.73. The lowest BCUT2D eigenvalue weighted by Gasteiger charge is -2.10. The lowest BCUT2D eigenvalue weighted by Crippen LogP contribution is -2.14. The molecule has 0 spiro atoms. The Labute approximate surface area is 180 Å². The molecule has 3 rings (SSSR count). The van der Waals surface area contributed by atoms with Crippen molar-refractivity contribution in [2.45, 2.75) is 26.6 Å². The lowest BCUT2D eigenvalue weighted by atomic mass is 10.1. The number of aryl methyl sites for hydroxylation is 1. The van der Waals surface area contributed by atoms with Gasteiger partial charge in [-0.3, -0.25) is 19.6 Å². The van der Waals surface area contributed by atoms with E-state index in [1.807, 2.05) is 0 Å². The van der Waals surface area contributed by atoms with Gasteiger partial charge in [0.25, 0.3) is 5.91 Å². The Bertz CT molecular complexity index is 1190. The number of nitrogens with one attached hydrogen (secondary N) is 1. The van der Waals surface area contributed by atoms with Crippen LogP contribution in [0, 0.1) is 24.0 Å². The summed E-state index contributed by atoms with van der Waals surface area (Å²) in [5.74, 6) is -0.576. The van der Waals surface area contributed by atoms with Crippen molar-refractivity contribution in [1.82, 2.24) is 9.78 Å². The van der Waals surface area contributed by atoms with Crippen molar-refractivity contribution >= 4 is 17.3 Å². The van der Waals surface area contributed by atoms with Crippen molar-refractivity contribution in [3.8, 4) is 5.75 Å². The van der Waals surface area contributed by atoms with Crippen LogP contribution in [0.4, 0.5) is 24.5 Å². The maximum atomic E-state index is 13.0. The smallest absolute Gasteiger partial charge is 0.416 e. The number of benzene rings is 2. The second-order valence-electron chi connectivity index (χ2n) is 7.00. The molecule has 0 aliphatic carbocycles. The quantitative estimate of drug-likeness (QED) is 0.434. The maximum absolute atomic E-state index is 13.0. The van der Waals surface area contributed by atoms with Crippen LogP contribution in [-0.2, 0) is 12.7 Å². The zero-order chi connectivity index (χ0) is 23.6. The van der Waals surface area contributed by atoms with Crippen LogP contribution in [-0.4, -0.2) is 27.7 Å². The van der Waals surface area contributed by atoms with E-state index in [9.17, 15) is 28.1 Å². The van der Waals surface area contributed by atoms with Gasteiger partial charge in [0, 0.05) is 11.6 Å². The van der Waals surface area contributed by atoms with Crippen LogP contribution in [0.3, 0.4) is 0 Å². The molecule has 1 heterocycles. The summed E-state index contributed by atoms with van der Waals surface area (Å²) in [7, 11) is 1.29. The average Bonchev–Trinajstić information content (AvgIpc) is 3.00. The van der Waals surface area contributed by atoms with Crippen LogP contribution in [0.1, 0.15) is 32.9 Å². The molecule has 0 unspecified atom stereocenters. The monoisotopic (exact) mass is 448 g/mol. The summed E-state index contributed by atoms with van der Waals surface area (Å²) in [5.41, 5.74) is 0.679. The van der Waals surface area contributed by atoms with Crippen LogP contribution >= 0.6 is 0 Å². The van der Waals surface area contributed by atoms with Crippen LogP contribution in [0.25, 0.3) is 0 Å². The molecule has 0 fully saturated rings. The van der Waals surface area contributed by atoms with Crippen molar-refractivity contribution in [3.63, 3.8) is 0 Å². The van der Waals surface area contributed by atoms with Crippen molar-refractivity contribution in [2.75, 3.05) is 12.4 Å². The topological polar surface area (TPSA) is 99.3 Å².